The summed E-state index contributed by atoms with van der Waals surface area (Å²) in [6, 6.07) is 11.5. The normalized spacial score (nSPS) is 15.7. The van der Waals surface area contributed by atoms with Crippen molar-refractivity contribution in [1.29, 1.82) is 0 Å². The molecule has 178 valence electrons. The van der Waals surface area contributed by atoms with Crippen LogP contribution in [0.15, 0.2) is 55.0 Å². The molecule has 5 N–H and O–H groups in total. The Kier molecular flexibility index (Phi) is 7.84. The molecule has 2 aromatic heterocycles. The molecule has 1 fully saturated rings. The van der Waals surface area contributed by atoms with Crippen LogP contribution in [0.5, 0.6) is 5.75 Å². The molecule has 4 rings (SSSR count). The second kappa shape index (κ2) is 11.4. The summed E-state index contributed by atoms with van der Waals surface area (Å²) in [4.78, 5) is 25.9. The second-order valence-electron chi connectivity index (χ2n) is 8.10. The number of aromatic nitrogens is 3. The molecular weight excluding hydrogens is 434 g/mol. The number of carboxylic acids is 1. The molecule has 1 atom stereocenters. The summed E-state index contributed by atoms with van der Waals surface area (Å²) in [6.45, 7) is 2.74. The maximum Gasteiger partial charge on any atom is 0.317 e. The van der Waals surface area contributed by atoms with E-state index in [1.165, 1.54) is 0 Å². The van der Waals surface area contributed by atoms with Gasteiger partial charge >= 0.3 is 5.97 Å². The average Bonchev–Trinajstić information content (AvgIpc) is 3.26. The highest BCUT2D eigenvalue weighted by atomic mass is 16.5. The van der Waals surface area contributed by atoms with Gasteiger partial charge in [0.2, 0.25) is 5.95 Å². The number of carboxylic acid groups (broad SMARTS) is 1. The molecule has 34 heavy (non-hydrogen) atoms. The van der Waals surface area contributed by atoms with Gasteiger partial charge in [-0.3, -0.25) is 9.69 Å². The summed E-state index contributed by atoms with van der Waals surface area (Å²) in [6.07, 6.45) is 6.93. The maximum atomic E-state index is 10.9. The highest BCUT2D eigenvalue weighted by Gasteiger charge is 2.25. The number of nitrogens with zero attached hydrogens (tertiary/aromatic N) is 4. The molecular formula is C24H29N7O3. The number of hydrogen-bond donors (Lipinski definition) is 4. The third-order valence-electron chi connectivity index (χ3n) is 5.41. The van der Waals surface area contributed by atoms with Gasteiger partial charge in [-0.05, 0) is 49.2 Å². The number of likely N-dealkylation sites (tertiary alicyclic amines) is 1. The van der Waals surface area contributed by atoms with Crippen molar-refractivity contribution in [3.05, 3.63) is 55.0 Å². The van der Waals surface area contributed by atoms with Crippen molar-refractivity contribution in [3.8, 4) is 16.9 Å². The molecule has 0 radical (unpaired) electrons. The van der Waals surface area contributed by atoms with Crippen LogP contribution in [0.25, 0.3) is 11.1 Å². The molecule has 1 unspecified atom stereocenters. The van der Waals surface area contributed by atoms with Crippen LogP contribution in [0.1, 0.15) is 12.8 Å². The van der Waals surface area contributed by atoms with Crippen LogP contribution in [-0.4, -0.2) is 69.8 Å². The topological polar surface area (TPSA) is 139 Å². The lowest BCUT2D eigenvalue weighted by atomic mass is 10.1. The molecule has 0 bridgehead atoms. The van der Waals surface area contributed by atoms with E-state index in [2.05, 4.69) is 25.6 Å². The number of rotatable bonds is 11. The standard InChI is InChI=1S/C24H29N7O3/c25-7-2-8-27-24-28-13-18(14-29-24)17-5-9-26-22(11-17)30-19-3-1-4-20(12-19)34-21-6-10-31(15-21)16-23(32)33/h1,3-5,9,11-14,21H,2,6-8,10,15-16,25H2,(H,26,30)(H,32,33)(H,27,28,29). The molecule has 1 aliphatic rings. The minimum absolute atomic E-state index is 0.0242. The summed E-state index contributed by atoms with van der Waals surface area (Å²) in [5.41, 5.74) is 8.19. The number of carbonyl (C=O) groups is 1. The first-order chi connectivity index (χ1) is 16.6. The third kappa shape index (κ3) is 6.63. The first kappa shape index (κ1) is 23.4. The fraction of sp³-hybridized carbons (Fsp3) is 0.333. The van der Waals surface area contributed by atoms with Crippen LogP contribution in [0, 0.1) is 0 Å². The Hall–Kier alpha value is -3.76. The first-order valence-corrected chi connectivity index (χ1v) is 11.3. The van der Waals surface area contributed by atoms with Gasteiger partial charge in [-0.1, -0.05) is 6.07 Å². The van der Waals surface area contributed by atoms with Gasteiger partial charge in [-0.15, -0.1) is 0 Å². The quantitative estimate of drug-likeness (QED) is 0.314. The van der Waals surface area contributed by atoms with Gasteiger partial charge in [0.1, 0.15) is 17.7 Å². The Morgan fingerprint density at radius 2 is 2.03 bits per heavy atom. The zero-order valence-electron chi connectivity index (χ0n) is 18.9. The maximum absolute atomic E-state index is 10.9. The van der Waals surface area contributed by atoms with Gasteiger partial charge in [0.05, 0.1) is 6.54 Å². The minimum atomic E-state index is -0.816. The summed E-state index contributed by atoms with van der Waals surface area (Å²) in [5, 5.41) is 15.4. The van der Waals surface area contributed by atoms with Gasteiger partial charge in [0, 0.05) is 55.5 Å². The summed E-state index contributed by atoms with van der Waals surface area (Å²) in [7, 11) is 0. The Morgan fingerprint density at radius 3 is 2.82 bits per heavy atom. The van der Waals surface area contributed by atoms with Crippen LogP contribution in [0.4, 0.5) is 17.5 Å². The zero-order valence-corrected chi connectivity index (χ0v) is 18.9. The van der Waals surface area contributed by atoms with Crippen molar-refractivity contribution in [2.45, 2.75) is 18.9 Å². The third-order valence-corrected chi connectivity index (χ3v) is 5.41. The van der Waals surface area contributed by atoms with Gasteiger partial charge in [0.15, 0.2) is 0 Å². The fourth-order valence-electron chi connectivity index (χ4n) is 3.76. The number of hydrogen-bond acceptors (Lipinski definition) is 9. The zero-order chi connectivity index (χ0) is 23.8. The second-order valence-corrected chi connectivity index (χ2v) is 8.10. The van der Waals surface area contributed by atoms with Crippen molar-refractivity contribution in [3.63, 3.8) is 0 Å². The van der Waals surface area contributed by atoms with E-state index < -0.39 is 5.97 Å². The van der Waals surface area contributed by atoms with E-state index in [9.17, 15) is 4.79 Å². The number of nitrogens with two attached hydrogens (primary N) is 1. The number of aliphatic carboxylic acids is 1. The van der Waals surface area contributed by atoms with Crippen molar-refractivity contribution >= 4 is 23.4 Å². The summed E-state index contributed by atoms with van der Waals surface area (Å²) < 4.78 is 6.08. The SMILES string of the molecule is NCCCNc1ncc(-c2ccnc(Nc3cccc(OC4CCN(CC(=O)O)C4)c3)c2)cn1. The lowest BCUT2D eigenvalue weighted by Crippen LogP contribution is -2.29. The molecule has 10 heteroatoms. The largest absolute Gasteiger partial charge is 0.489 e. The van der Waals surface area contributed by atoms with Crippen LogP contribution < -0.4 is 21.1 Å². The first-order valence-electron chi connectivity index (χ1n) is 11.3. The van der Waals surface area contributed by atoms with Crippen molar-refractivity contribution in [2.75, 3.05) is 43.4 Å². The van der Waals surface area contributed by atoms with E-state index >= 15 is 0 Å². The van der Waals surface area contributed by atoms with Crippen molar-refractivity contribution < 1.29 is 14.6 Å². The van der Waals surface area contributed by atoms with E-state index in [0.717, 1.165) is 48.5 Å². The molecule has 3 aromatic rings. The van der Waals surface area contributed by atoms with Gasteiger partial charge in [-0.25, -0.2) is 15.0 Å². The average molecular weight is 464 g/mol. The Bertz CT molecular complexity index is 1090. The predicted octanol–water partition coefficient (Wildman–Crippen LogP) is 2.58. The monoisotopic (exact) mass is 463 g/mol. The lowest BCUT2D eigenvalue weighted by molar-refractivity contribution is -0.138. The number of anilines is 3. The van der Waals surface area contributed by atoms with Crippen LogP contribution in [0.3, 0.4) is 0 Å². The highest BCUT2D eigenvalue weighted by Crippen LogP contribution is 2.26. The number of benzene rings is 1. The van der Waals surface area contributed by atoms with Gasteiger partial charge in [0.25, 0.3) is 0 Å². The van der Waals surface area contributed by atoms with Gasteiger partial charge in [-0.2, -0.15) is 0 Å². The number of pyridine rings is 1. The highest BCUT2D eigenvalue weighted by molar-refractivity contribution is 5.69. The van der Waals surface area contributed by atoms with E-state index in [-0.39, 0.29) is 12.6 Å². The smallest absolute Gasteiger partial charge is 0.317 e. The Labute approximate surface area is 198 Å². The van der Waals surface area contributed by atoms with Crippen LogP contribution in [0.2, 0.25) is 0 Å². The molecule has 0 amide bonds. The fourth-order valence-corrected chi connectivity index (χ4v) is 3.76. The Morgan fingerprint density at radius 1 is 1.18 bits per heavy atom. The molecule has 1 aliphatic heterocycles. The predicted molar refractivity (Wildman–Crippen MR) is 130 cm³/mol. The van der Waals surface area contributed by atoms with Crippen LogP contribution >= 0.6 is 0 Å². The number of nitrogens with one attached hydrogen (secondary N) is 2. The van der Waals surface area contributed by atoms with E-state index in [4.69, 9.17) is 15.6 Å². The molecule has 10 nitrogen and oxygen atoms in total. The van der Waals surface area contributed by atoms with Crippen molar-refractivity contribution in [1.82, 2.24) is 19.9 Å². The summed E-state index contributed by atoms with van der Waals surface area (Å²) >= 11 is 0. The molecule has 0 spiro atoms. The van der Waals surface area contributed by atoms with Crippen molar-refractivity contribution in [2.24, 2.45) is 5.73 Å². The molecule has 1 aromatic carbocycles. The molecule has 0 aliphatic carbocycles. The van der Waals surface area contributed by atoms with E-state index in [0.29, 0.717) is 24.9 Å². The molecule has 1 saturated heterocycles. The summed E-state index contributed by atoms with van der Waals surface area (Å²) in [5.74, 6) is 1.18. The Balaban J connectivity index is 1.37. The van der Waals surface area contributed by atoms with Gasteiger partial charge < -0.3 is 26.2 Å². The van der Waals surface area contributed by atoms with E-state index in [1.807, 2.05) is 41.3 Å². The van der Waals surface area contributed by atoms with Crippen LogP contribution in [-0.2, 0) is 4.79 Å². The molecule has 0 saturated carbocycles. The van der Waals surface area contributed by atoms with E-state index in [1.54, 1.807) is 18.6 Å². The number of ether oxygens (including phenoxy) is 1. The minimum Gasteiger partial charge on any atom is -0.489 e. The lowest BCUT2D eigenvalue weighted by Gasteiger charge is -2.16. The molecule has 3 heterocycles.